The molecule has 0 atom stereocenters. The molecule has 1 aromatic carbocycles. The van der Waals surface area contributed by atoms with Crippen molar-refractivity contribution in [3.63, 3.8) is 0 Å². The van der Waals surface area contributed by atoms with Crippen molar-refractivity contribution in [1.29, 1.82) is 0 Å². The molecule has 0 aliphatic carbocycles. The van der Waals surface area contributed by atoms with E-state index in [1.807, 2.05) is 54.6 Å². The van der Waals surface area contributed by atoms with Gasteiger partial charge >= 0.3 is 0 Å². The third-order valence-corrected chi connectivity index (χ3v) is 4.11. The quantitative estimate of drug-likeness (QED) is 0.589. The number of hydrogen-bond donors (Lipinski definition) is 2. The van der Waals surface area contributed by atoms with Gasteiger partial charge in [0.25, 0.3) is 0 Å². The van der Waals surface area contributed by atoms with Crippen LogP contribution in [0.2, 0.25) is 0 Å². The summed E-state index contributed by atoms with van der Waals surface area (Å²) >= 11 is 0. The first-order valence-corrected chi connectivity index (χ1v) is 7.95. The van der Waals surface area contributed by atoms with Gasteiger partial charge in [0.2, 0.25) is 5.95 Å². The molecule has 7 heteroatoms. The monoisotopic (exact) mass is 321 g/mol. The number of nitrogens with one attached hydrogen (secondary N) is 1. The van der Waals surface area contributed by atoms with Crippen LogP contribution in [0.15, 0.2) is 42.9 Å². The predicted octanol–water partition coefficient (Wildman–Crippen LogP) is 2.41. The molecule has 0 aliphatic rings. The highest BCUT2D eigenvalue weighted by Gasteiger charge is 2.07. The Morgan fingerprint density at radius 2 is 2.08 bits per heavy atom. The van der Waals surface area contributed by atoms with Crippen molar-refractivity contribution >= 4 is 33.6 Å². The van der Waals surface area contributed by atoms with Crippen molar-refractivity contribution in [3.8, 4) is 0 Å². The Hall–Kier alpha value is -2.93. The Balaban J connectivity index is 1.66. The Labute approximate surface area is 139 Å². The minimum atomic E-state index is 0.580. The highest BCUT2D eigenvalue weighted by molar-refractivity contribution is 5.83. The van der Waals surface area contributed by atoms with E-state index in [1.54, 1.807) is 0 Å². The van der Waals surface area contributed by atoms with Crippen molar-refractivity contribution in [2.45, 2.75) is 13.0 Å². The number of fused-ring (bicyclic) bond motifs is 2. The van der Waals surface area contributed by atoms with Crippen molar-refractivity contribution in [3.05, 3.63) is 42.9 Å². The summed E-state index contributed by atoms with van der Waals surface area (Å²) in [6.45, 7) is 1.53. The van der Waals surface area contributed by atoms with Gasteiger partial charge in [0, 0.05) is 42.4 Å². The molecule has 24 heavy (non-hydrogen) atoms. The second-order valence-electron chi connectivity index (χ2n) is 5.79. The molecule has 0 unspecified atom stereocenters. The van der Waals surface area contributed by atoms with E-state index in [4.69, 9.17) is 5.73 Å². The number of aromatic nitrogens is 5. The molecule has 0 radical (unpaired) electrons. The molecule has 0 saturated carbocycles. The summed E-state index contributed by atoms with van der Waals surface area (Å²) in [6.07, 6.45) is 6.65. The maximum atomic E-state index is 5.60. The average Bonchev–Trinajstić information content (AvgIpc) is 3.17. The van der Waals surface area contributed by atoms with Gasteiger partial charge in [-0.25, -0.2) is 4.98 Å². The number of benzene rings is 1. The maximum absolute atomic E-state index is 5.60. The summed E-state index contributed by atoms with van der Waals surface area (Å²) in [7, 11) is 1.93. The topological polar surface area (TPSA) is 86.6 Å². The number of rotatable bonds is 5. The SMILES string of the molecule is Cn1ncc2ccc(Nc3ncc4ccn(CCCN)c4n3)cc21. The van der Waals surface area contributed by atoms with Crippen LogP contribution < -0.4 is 11.1 Å². The molecule has 0 fully saturated rings. The van der Waals surface area contributed by atoms with Crippen LogP contribution in [0.1, 0.15) is 6.42 Å². The predicted molar refractivity (Wildman–Crippen MR) is 95.2 cm³/mol. The van der Waals surface area contributed by atoms with Crippen molar-refractivity contribution in [1.82, 2.24) is 24.3 Å². The van der Waals surface area contributed by atoms with E-state index < -0.39 is 0 Å². The first kappa shape index (κ1) is 14.6. The molecule has 4 rings (SSSR count). The molecule has 0 bridgehead atoms. The minimum absolute atomic E-state index is 0.580. The molecule has 122 valence electrons. The fraction of sp³-hybridized carbons (Fsp3) is 0.235. The van der Waals surface area contributed by atoms with Crippen LogP contribution in [-0.4, -0.2) is 30.9 Å². The second kappa shape index (κ2) is 5.93. The molecule has 3 N–H and O–H groups in total. The smallest absolute Gasteiger partial charge is 0.229 e. The zero-order valence-corrected chi connectivity index (χ0v) is 13.5. The summed E-state index contributed by atoms with van der Waals surface area (Å²) in [5.41, 5.74) is 8.52. The van der Waals surface area contributed by atoms with Crippen molar-refractivity contribution in [2.75, 3.05) is 11.9 Å². The molecular weight excluding hydrogens is 302 g/mol. The molecule has 0 saturated heterocycles. The normalized spacial score (nSPS) is 11.4. The second-order valence-corrected chi connectivity index (χ2v) is 5.79. The standard InChI is InChI=1S/C17H19N7/c1-23-15-9-14(4-3-12(15)11-20-23)21-17-19-10-13-5-8-24(7-2-6-18)16(13)22-17/h3-5,8-11H,2,6-7,18H2,1H3,(H,19,21,22). The van der Waals surface area contributed by atoms with Gasteiger partial charge in [-0.3, -0.25) is 4.68 Å². The largest absolute Gasteiger partial charge is 0.332 e. The van der Waals surface area contributed by atoms with Crippen LogP contribution in [-0.2, 0) is 13.6 Å². The van der Waals surface area contributed by atoms with Gasteiger partial charge in [-0.1, -0.05) is 0 Å². The van der Waals surface area contributed by atoms with E-state index in [-0.39, 0.29) is 0 Å². The van der Waals surface area contributed by atoms with Crippen LogP contribution in [0.25, 0.3) is 21.9 Å². The van der Waals surface area contributed by atoms with Crippen molar-refractivity contribution in [2.24, 2.45) is 12.8 Å². The van der Waals surface area contributed by atoms with Gasteiger partial charge < -0.3 is 15.6 Å². The van der Waals surface area contributed by atoms with E-state index >= 15 is 0 Å². The van der Waals surface area contributed by atoms with E-state index in [1.165, 1.54) is 0 Å². The van der Waals surface area contributed by atoms with Gasteiger partial charge in [-0.15, -0.1) is 0 Å². The molecule has 0 aliphatic heterocycles. The lowest BCUT2D eigenvalue weighted by atomic mass is 10.2. The number of nitrogens with two attached hydrogens (primary N) is 1. The first-order chi connectivity index (χ1) is 11.7. The molecule has 0 amide bonds. The van der Waals surface area contributed by atoms with Crippen LogP contribution in [0.3, 0.4) is 0 Å². The molecule has 0 spiro atoms. The first-order valence-electron chi connectivity index (χ1n) is 7.95. The lowest BCUT2D eigenvalue weighted by Crippen LogP contribution is -2.06. The zero-order chi connectivity index (χ0) is 16.5. The number of aryl methyl sites for hydroxylation is 2. The summed E-state index contributed by atoms with van der Waals surface area (Å²) in [5.74, 6) is 0.580. The van der Waals surface area contributed by atoms with E-state index in [0.717, 1.165) is 40.6 Å². The molecule has 4 aromatic rings. The minimum Gasteiger partial charge on any atom is -0.332 e. The highest BCUT2D eigenvalue weighted by atomic mass is 15.2. The van der Waals surface area contributed by atoms with Crippen LogP contribution in [0, 0.1) is 0 Å². The Kier molecular flexibility index (Phi) is 3.62. The fourth-order valence-corrected chi connectivity index (χ4v) is 2.82. The van der Waals surface area contributed by atoms with Gasteiger partial charge in [-0.05, 0) is 37.2 Å². The van der Waals surface area contributed by atoms with Gasteiger partial charge in [0.05, 0.1) is 11.7 Å². The lowest BCUT2D eigenvalue weighted by molar-refractivity contribution is 0.666. The lowest BCUT2D eigenvalue weighted by Gasteiger charge is -2.07. The molecule has 3 heterocycles. The summed E-state index contributed by atoms with van der Waals surface area (Å²) in [4.78, 5) is 9.05. The van der Waals surface area contributed by atoms with Crippen molar-refractivity contribution < 1.29 is 0 Å². The van der Waals surface area contributed by atoms with E-state index in [9.17, 15) is 0 Å². The summed E-state index contributed by atoms with van der Waals surface area (Å²) in [6, 6.07) is 8.11. The Morgan fingerprint density at radius 3 is 2.96 bits per heavy atom. The van der Waals surface area contributed by atoms with Gasteiger partial charge in [0.1, 0.15) is 5.65 Å². The number of hydrogen-bond acceptors (Lipinski definition) is 5. The summed E-state index contributed by atoms with van der Waals surface area (Å²) in [5, 5.41) is 9.67. The van der Waals surface area contributed by atoms with Gasteiger partial charge in [-0.2, -0.15) is 10.1 Å². The van der Waals surface area contributed by atoms with Gasteiger partial charge in [0.15, 0.2) is 0 Å². The molecular formula is C17H19N7. The highest BCUT2D eigenvalue weighted by Crippen LogP contribution is 2.21. The maximum Gasteiger partial charge on any atom is 0.229 e. The third-order valence-electron chi connectivity index (χ3n) is 4.11. The fourth-order valence-electron chi connectivity index (χ4n) is 2.82. The average molecular weight is 321 g/mol. The van der Waals surface area contributed by atoms with E-state index in [2.05, 4.69) is 25.0 Å². The number of anilines is 2. The van der Waals surface area contributed by atoms with E-state index in [0.29, 0.717) is 12.5 Å². The molecule has 7 nitrogen and oxygen atoms in total. The van der Waals surface area contributed by atoms with Crippen LogP contribution in [0.4, 0.5) is 11.6 Å². The Bertz CT molecular complexity index is 999. The summed E-state index contributed by atoms with van der Waals surface area (Å²) < 4.78 is 3.96. The Morgan fingerprint density at radius 1 is 1.17 bits per heavy atom. The molecule has 3 aromatic heterocycles. The van der Waals surface area contributed by atoms with Crippen LogP contribution >= 0.6 is 0 Å². The number of nitrogens with zero attached hydrogens (tertiary/aromatic N) is 5. The third kappa shape index (κ3) is 2.59. The van der Waals surface area contributed by atoms with Crippen LogP contribution in [0.5, 0.6) is 0 Å². The zero-order valence-electron chi connectivity index (χ0n) is 13.5.